The van der Waals surface area contributed by atoms with Crippen molar-refractivity contribution in [3.05, 3.63) is 59.2 Å². The molecule has 0 bridgehead atoms. The molecule has 96 valence electrons. The van der Waals surface area contributed by atoms with E-state index in [1.807, 2.05) is 12.1 Å². The van der Waals surface area contributed by atoms with E-state index in [-0.39, 0.29) is 11.3 Å². The van der Waals surface area contributed by atoms with E-state index in [0.29, 0.717) is 22.6 Å². The Kier molecular flexibility index (Phi) is 3.79. The van der Waals surface area contributed by atoms with Crippen LogP contribution in [0.4, 0.5) is 0 Å². The second-order valence-electron chi connectivity index (χ2n) is 4.11. The molecular weight excluding hydrogens is 252 g/mol. The quantitative estimate of drug-likeness (QED) is 0.794. The maximum Gasteiger partial charge on any atom is 0.159 e. The minimum atomic E-state index is -0.0123. The van der Waals surface area contributed by atoms with Gasteiger partial charge in [-0.05, 0) is 49.4 Å². The van der Waals surface area contributed by atoms with Gasteiger partial charge in [0.25, 0.3) is 0 Å². The first-order valence-corrected chi connectivity index (χ1v) is 5.87. The Bertz CT molecular complexity index is 735. The van der Waals surface area contributed by atoms with Crippen molar-refractivity contribution in [1.29, 1.82) is 10.5 Å². The number of ether oxygens (including phenoxy) is 1. The molecule has 0 saturated carbocycles. The van der Waals surface area contributed by atoms with Crippen LogP contribution in [0.1, 0.15) is 28.4 Å². The van der Waals surface area contributed by atoms with Crippen molar-refractivity contribution >= 4 is 5.78 Å². The number of hydrogen-bond acceptors (Lipinski definition) is 4. The normalized spacial score (nSPS) is 9.35. The fourth-order valence-corrected chi connectivity index (χ4v) is 1.67. The van der Waals surface area contributed by atoms with Crippen molar-refractivity contribution in [3.8, 4) is 23.6 Å². The molecule has 0 heterocycles. The summed E-state index contributed by atoms with van der Waals surface area (Å²) in [5.41, 5.74) is 1.19. The van der Waals surface area contributed by atoms with E-state index in [1.165, 1.54) is 19.1 Å². The molecule has 20 heavy (non-hydrogen) atoms. The van der Waals surface area contributed by atoms with Gasteiger partial charge in [0.15, 0.2) is 5.78 Å². The Morgan fingerprint density at radius 3 is 2.10 bits per heavy atom. The van der Waals surface area contributed by atoms with Crippen LogP contribution < -0.4 is 4.74 Å². The third kappa shape index (κ3) is 2.82. The number of ketones is 1. The molecule has 0 fully saturated rings. The first-order valence-electron chi connectivity index (χ1n) is 5.87. The number of rotatable bonds is 3. The molecule has 0 spiro atoms. The number of hydrogen-bond donors (Lipinski definition) is 0. The highest BCUT2D eigenvalue weighted by Gasteiger charge is 2.05. The van der Waals surface area contributed by atoms with Crippen LogP contribution in [0, 0.1) is 22.7 Å². The summed E-state index contributed by atoms with van der Waals surface area (Å²) in [5.74, 6) is 1.02. The zero-order valence-corrected chi connectivity index (χ0v) is 10.8. The van der Waals surface area contributed by atoms with Crippen LogP contribution in [0.2, 0.25) is 0 Å². The second-order valence-corrected chi connectivity index (χ2v) is 4.11. The summed E-state index contributed by atoms with van der Waals surface area (Å²) >= 11 is 0. The summed E-state index contributed by atoms with van der Waals surface area (Å²) < 4.78 is 5.58. The van der Waals surface area contributed by atoms with Crippen LogP contribution in [0.15, 0.2) is 42.5 Å². The zero-order valence-electron chi connectivity index (χ0n) is 10.8. The maximum atomic E-state index is 11.2. The maximum absolute atomic E-state index is 11.2. The van der Waals surface area contributed by atoms with Crippen LogP contribution in [-0.4, -0.2) is 5.78 Å². The molecule has 0 radical (unpaired) electrons. The van der Waals surface area contributed by atoms with Crippen LogP contribution in [-0.2, 0) is 0 Å². The van der Waals surface area contributed by atoms with Gasteiger partial charge in [0.1, 0.15) is 23.6 Å². The Hall–Kier alpha value is -3.11. The highest BCUT2D eigenvalue weighted by atomic mass is 16.5. The fraction of sp³-hybridized carbons (Fsp3) is 0.0625. The van der Waals surface area contributed by atoms with Crippen LogP contribution >= 0.6 is 0 Å². The average Bonchev–Trinajstić information content (AvgIpc) is 2.47. The monoisotopic (exact) mass is 262 g/mol. The first kappa shape index (κ1) is 13.3. The van der Waals surface area contributed by atoms with Crippen molar-refractivity contribution in [2.45, 2.75) is 6.92 Å². The Morgan fingerprint density at radius 1 is 0.950 bits per heavy atom. The van der Waals surface area contributed by atoms with Gasteiger partial charge in [-0.3, -0.25) is 4.79 Å². The summed E-state index contributed by atoms with van der Waals surface area (Å²) in [6.45, 7) is 1.50. The molecule has 2 aromatic rings. The summed E-state index contributed by atoms with van der Waals surface area (Å²) in [6, 6.07) is 15.3. The molecule has 0 aliphatic rings. The van der Waals surface area contributed by atoms with Gasteiger partial charge < -0.3 is 4.74 Å². The second kappa shape index (κ2) is 5.69. The predicted molar refractivity (Wildman–Crippen MR) is 72.4 cm³/mol. The van der Waals surface area contributed by atoms with Crippen molar-refractivity contribution in [2.75, 3.05) is 0 Å². The lowest BCUT2D eigenvalue weighted by molar-refractivity contribution is 0.101. The van der Waals surface area contributed by atoms with Crippen molar-refractivity contribution in [3.63, 3.8) is 0 Å². The van der Waals surface area contributed by atoms with Gasteiger partial charge >= 0.3 is 0 Å². The lowest BCUT2D eigenvalue weighted by Crippen LogP contribution is -1.92. The third-order valence-electron chi connectivity index (χ3n) is 2.73. The summed E-state index contributed by atoms with van der Waals surface area (Å²) in [7, 11) is 0. The number of Topliss-reactive ketones (excluding diaryl/α,β-unsaturated/α-hetero) is 1. The van der Waals surface area contributed by atoms with Crippen molar-refractivity contribution in [2.24, 2.45) is 0 Å². The van der Waals surface area contributed by atoms with Gasteiger partial charge in [-0.25, -0.2) is 0 Å². The van der Waals surface area contributed by atoms with E-state index in [0.717, 1.165) is 0 Å². The van der Waals surface area contributed by atoms with Crippen molar-refractivity contribution < 1.29 is 9.53 Å². The smallest absolute Gasteiger partial charge is 0.159 e. The first-order chi connectivity index (χ1) is 9.63. The largest absolute Gasteiger partial charge is 0.457 e. The molecule has 0 unspecified atom stereocenters. The highest BCUT2D eigenvalue weighted by Crippen LogP contribution is 2.24. The standard InChI is InChI=1S/C16H10N2O2/c1-11(19)12-2-5-15(6-3-12)20-16-7-4-13(9-17)14(8-16)10-18/h2-8H,1H3. The molecule has 0 saturated heterocycles. The van der Waals surface area contributed by atoms with Crippen LogP contribution in [0.25, 0.3) is 0 Å². The topological polar surface area (TPSA) is 73.9 Å². The summed E-state index contributed by atoms with van der Waals surface area (Å²) in [5, 5.41) is 17.8. The van der Waals surface area contributed by atoms with E-state index in [2.05, 4.69) is 0 Å². The highest BCUT2D eigenvalue weighted by molar-refractivity contribution is 5.94. The minimum absolute atomic E-state index is 0.0123. The molecule has 4 heteroatoms. The van der Waals surface area contributed by atoms with Gasteiger partial charge in [0.2, 0.25) is 0 Å². The SMILES string of the molecule is CC(=O)c1ccc(Oc2ccc(C#N)c(C#N)c2)cc1. The zero-order chi connectivity index (χ0) is 14.5. The van der Waals surface area contributed by atoms with Crippen molar-refractivity contribution in [1.82, 2.24) is 0 Å². The molecule has 0 aliphatic carbocycles. The van der Waals surface area contributed by atoms with Gasteiger partial charge in [-0.2, -0.15) is 10.5 Å². The molecule has 0 atom stereocenters. The Balaban J connectivity index is 2.24. The lowest BCUT2D eigenvalue weighted by atomic mass is 10.1. The van der Waals surface area contributed by atoms with E-state index in [4.69, 9.17) is 15.3 Å². The minimum Gasteiger partial charge on any atom is -0.457 e. The molecule has 2 aromatic carbocycles. The lowest BCUT2D eigenvalue weighted by Gasteiger charge is -2.06. The van der Waals surface area contributed by atoms with Gasteiger partial charge in [-0.15, -0.1) is 0 Å². The van der Waals surface area contributed by atoms with E-state index in [9.17, 15) is 4.79 Å². The third-order valence-corrected chi connectivity index (χ3v) is 2.73. The van der Waals surface area contributed by atoms with Gasteiger partial charge in [-0.1, -0.05) is 0 Å². The summed E-state index contributed by atoms with van der Waals surface area (Å²) in [6.07, 6.45) is 0. The molecule has 0 N–H and O–H groups in total. The van der Waals surface area contributed by atoms with Gasteiger partial charge in [0, 0.05) is 5.56 Å². The average molecular weight is 262 g/mol. The summed E-state index contributed by atoms with van der Waals surface area (Å²) in [4.78, 5) is 11.2. The Morgan fingerprint density at radius 2 is 1.55 bits per heavy atom. The van der Waals surface area contributed by atoms with Gasteiger partial charge in [0.05, 0.1) is 11.1 Å². The fourth-order valence-electron chi connectivity index (χ4n) is 1.67. The number of benzene rings is 2. The number of carbonyl (C=O) groups is 1. The predicted octanol–water partition coefficient (Wildman–Crippen LogP) is 3.42. The molecule has 2 rings (SSSR count). The van der Waals surface area contributed by atoms with E-state index < -0.39 is 0 Å². The molecular formula is C16H10N2O2. The van der Waals surface area contributed by atoms with Crippen LogP contribution in [0.5, 0.6) is 11.5 Å². The number of nitrogens with zero attached hydrogens (tertiary/aromatic N) is 2. The van der Waals surface area contributed by atoms with E-state index in [1.54, 1.807) is 30.3 Å². The molecule has 0 aromatic heterocycles. The number of nitriles is 2. The van der Waals surface area contributed by atoms with E-state index >= 15 is 0 Å². The molecule has 0 amide bonds. The van der Waals surface area contributed by atoms with Crippen LogP contribution in [0.3, 0.4) is 0 Å². The molecule has 4 nitrogen and oxygen atoms in total. The number of carbonyl (C=O) groups excluding carboxylic acids is 1. The Labute approximate surface area is 116 Å². The molecule has 0 aliphatic heterocycles.